The van der Waals surface area contributed by atoms with Crippen LogP contribution >= 0.6 is 0 Å². The Balaban J connectivity index is 2.62. The number of methoxy groups -OCH3 is 1. The molecule has 118 valence electrons. The molecule has 1 heterocycles. The number of oxazole rings is 1. The van der Waals surface area contributed by atoms with E-state index in [2.05, 4.69) is 10.3 Å². The minimum atomic E-state index is -0.673. The minimum absolute atomic E-state index is 0.0615. The maximum absolute atomic E-state index is 12.1. The molecule has 1 aromatic heterocycles. The van der Waals surface area contributed by atoms with E-state index >= 15 is 0 Å². The van der Waals surface area contributed by atoms with Crippen LogP contribution in [0.25, 0.3) is 0 Å². The molecule has 0 fully saturated rings. The first kappa shape index (κ1) is 17.0. The van der Waals surface area contributed by atoms with E-state index in [1.807, 2.05) is 20.8 Å². The fraction of sp³-hybridized carbons (Fsp3) is 0.643. The minimum Gasteiger partial charge on any atom is -0.467 e. The van der Waals surface area contributed by atoms with Crippen molar-refractivity contribution in [2.45, 2.75) is 39.8 Å². The number of amides is 2. The van der Waals surface area contributed by atoms with E-state index in [0.717, 1.165) is 0 Å². The van der Waals surface area contributed by atoms with Gasteiger partial charge in [0.25, 0.3) is 0 Å². The van der Waals surface area contributed by atoms with E-state index in [9.17, 15) is 9.59 Å². The largest absolute Gasteiger partial charge is 0.467 e. The Kier molecular flexibility index (Phi) is 6.20. The summed E-state index contributed by atoms with van der Waals surface area (Å²) in [6.07, 6.45) is 2.23. The molecule has 1 aromatic rings. The summed E-state index contributed by atoms with van der Waals surface area (Å²) in [7, 11) is 2.93. The summed E-state index contributed by atoms with van der Waals surface area (Å²) < 4.78 is 9.92. The van der Waals surface area contributed by atoms with E-state index in [1.165, 1.54) is 18.3 Å². The third kappa shape index (κ3) is 4.77. The number of aromatic nitrogens is 1. The van der Waals surface area contributed by atoms with Gasteiger partial charge in [-0.1, -0.05) is 20.8 Å². The molecule has 7 heteroatoms. The molecule has 0 saturated heterocycles. The van der Waals surface area contributed by atoms with Gasteiger partial charge in [0.05, 0.1) is 19.3 Å². The molecule has 1 atom stereocenters. The predicted molar refractivity (Wildman–Crippen MR) is 76.5 cm³/mol. The lowest BCUT2D eigenvalue weighted by molar-refractivity contribution is -0.144. The van der Waals surface area contributed by atoms with Crippen LogP contribution in [-0.2, 0) is 22.5 Å². The average Bonchev–Trinajstić information content (AvgIpc) is 2.90. The number of urea groups is 1. The second-order valence-corrected chi connectivity index (χ2v) is 5.14. The summed E-state index contributed by atoms with van der Waals surface area (Å²) in [5.41, 5.74) is 0.670. The van der Waals surface area contributed by atoms with Gasteiger partial charge in [-0.25, -0.2) is 14.6 Å². The molecule has 21 heavy (non-hydrogen) atoms. The molecular weight excluding hydrogens is 274 g/mol. The number of esters is 1. The highest BCUT2D eigenvalue weighted by atomic mass is 16.5. The van der Waals surface area contributed by atoms with E-state index in [4.69, 9.17) is 9.15 Å². The number of carbonyl (C=O) groups excluding carboxylic acids is 2. The van der Waals surface area contributed by atoms with Gasteiger partial charge in [0.1, 0.15) is 12.3 Å². The zero-order valence-electron chi connectivity index (χ0n) is 13.2. The van der Waals surface area contributed by atoms with Crippen LogP contribution in [0, 0.1) is 5.92 Å². The van der Waals surface area contributed by atoms with Crippen molar-refractivity contribution < 1.29 is 18.7 Å². The number of aryl methyl sites for hydroxylation is 1. The standard InChI is InChI=1S/C14H23N3O4/c1-6-11-15-10(8-21-11)7-17(4)14(19)16-12(9(2)3)13(18)20-5/h8-9,12H,6-7H2,1-5H3,(H,16,19)/t12-/m0/s1. The number of nitrogens with one attached hydrogen (secondary N) is 1. The number of hydrogen-bond acceptors (Lipinski definition) is 5. The summed E-state index contributed by atoms with van der Waals surface area (Å²) in [5, 5.41) is 2.66. The SMILES string of the molecule is CCc1nc(CN(C)C(=O)N[C@H](C(=O)OC)C(C)C)co1. The smallest absolute Gasteiger partial charge is 0.328 e. The van der Waals surface area contributed by atoms with Crippen LogP contribution in [0.15, 0.2) is 10.7 Å². The molecule has 0 saturated carbocycles. The Morgan fingerprint density at radius 2 is 2.14 bits per heavy atom. The Bertz CT molecular complexity index is 484. The van der Waals surface area contributed by atoms with Crippen molar-refractivity contribution in [3.8, 4) is 0 Å². The Labute approximate surface area is 124 Å². The molecule has 0 aliphatic heterocycles. The number of nitrogens with zero attached hydrogens (tertiary/aromatic N) is 2. The molecule has 0 aliphatic rings. The highest BCUT2D eigenvalue weighted by Gasteiger charge is 2.26. The first-order valence-corrected chi connectivity index (χ1v) is 6.91. The lowest BCUT2D eigenvalue weighted by Gasteiger charge is -2.23. The topological polar surface area (TPSA) is 84.7 Å². The quantitative estimate of drug-likeness (QED) is 0.806. The van der Waals surface area contributed by atoms with Crippen LogP contribution < -0.4 is 5.32 Å². The average molecular weight is 297 g/mol. The molecular formula is C14H23N3O4. The molecule has 0 radical (unpaired) electrons. The van der Waals surface area contributed by atoms with Gasteiger partial charge in [-0.3, -0.25) is 0 Å². The highest BCUT2D eigenvalue weighted by Crippen LogP contribution is 2.07. The van der Waals surface area contributed by atoms with Crippen LogP contribution in [0.3, 0.4) is 0 Å². The molecule has 0 bridgehead atoms. The van der Waals surface area contributed by atoms with Crippen molar-refractivity contribution in [3.63, 3.8) is 0 Å². The summed E-state index contributed by atoms with van der Waals surface area (Å²) in [4.78, 5) is 29.4. The van der Waals surface area contributed by atoms with Crippen LogP contribution in [0.1, 0.15) is 32.4 Å². The van der Waals surface area contributed by atoms with Gasteiger partial charge in [0, 0.05) is 13.5 Å². The molecule has 7 nitrogen and oxygen atoms in total. The van der Waals surface area contributed by atoms with Gasteiger partial charge < -0.3 is 19.4 Å². The monoisotopic (exact) mass is 297 g/mol. The highest BCUT2D eigenvalue weighted by molar-refractivity contribution is 5.83. The van der Waals surface area contributed by atoms with Crippen LogP contribution in [0.2, 0.25) is 0 Å². The second-order valence-electron chi connectivity index (χ2n) is 5.14. The third-order valence-corrected chi connectivity index (χ3v) is 3.05. The number of carbonyl (C=O) groups is 2. The van der Waals surface area contributed by atoms with Crippen molar-refractivity contribution in [1.82, 2.24) is 15.2 Å². The molecule has 0 aromatic carbocycles. The molecule has 0 unspecified atom stereocenters. The van der Waals surface area contributed by atoms with Crippen molar-refractivity contribution in [2.75, 3.05) is 14.2 Å². The lowest BCUT2D eigenvalue weighted by Crippen LogP contribution is -2.49. The first-order valence-electron chi connectivity index (χ1n) is 6.91. The van der Waals surface area contributed by atoms with Crippen molar-refractivity contribution in [2.24, 2.45) is 5.92 Å². The van der Waals surface area contributed by atoms with Gasteiger partial charge in [-0.2, -0.15) is 0 Å². The molecule has 0 aliphatic carbocycles. The van der Waals surface area contributed by atoms with Crippen LogP contribution in [-0.4, -0.2) is 42.1 Å². The van der Waals surface area contributed by atoms with Crippen molar-refractivity contribution in [3.05, 3.63) is 17.8 Å². The molecule has 1 N–H and O–H groups in total. The van der Waals surface area contributed by atoms with Crippen molar-refractivity contribution >= 4 is 12.0 Å². The number of hydrogen-bond donors (Lipinski definition) is 1. The molecule has 0 spiro atoms. The lowest BCUT2D eigenvalue weighted by atomic mass is 10.1. The van der Waals surface area contributed by atoms with Gasteiger partial charge in [0.2, 0.25) is 0 Å². The predicted octanol–water partition coefficient (Wildman–Crippen LogP) is 1.58. The fourth-order valence-electron chi connectivity index (χ4n) is 1.77. The van der Waals surface area contributed by atoms with Gasteiger partial charge in [-0.05, 0) is 5.92 Å². The van der Waals surface area contributed by atoms with Crippen molar-refractivity contribution in [1.29, 1.82) is 0 Å². The Hall–Kier alpha value is -2.05. The summed E-state index contributed by atoms with van der Waals surface area (Å²) in [6, 6.07) is -1.03. The van der Waals surface area contributed by atoms with Gasteiger partial charge in [0.15, 0.2) is 5.89 Å². The molecule has 2 amide bonds. The maximum Gasteiger partial charge on any atom is 0.328 e. The van der Waals surface area contributed by atoms with E-state index < -0.39 is 12.0 Å². The Morgan fingerprint density at radius 3 is 2.62 bits per heavy atom. The normalized spacial score (nSPS) is 12.1. The summed E-state index contributed by atoms with van der Waals surface area (Å²) >= 11 is 0. The van der Waals surface area contributed by atoms with Gasteiger partial charge in [-0.15, -0.1) is 0 Å². The van der Waals surface area contributed by atoms with Crippen LogP contribution in [0.4, 0.5) is 4.79 Å². The number of ether oxygens (including phenoxy) is 1. The fourth-order valence-corrected chi connectivity index (χ4v) is 1.77. The van der Waals surface area contributed by atoms with E-state index in [-0.39, 0.29) is 11.9 Å². The Morgan fingerprint density at radius 1 is 1.48 bits per heavy atom. The van der Waals surface area contributed by atoms with Crippen LogP contribution in [0.5, 0.6) is 0 Å². The summed E-state index contributed by atoms with van der Waals surface area (Å²) in [5.74, 6) is 0.114. The van der Waals surface area contributed by atoms with Gasteiger partial charge >= 0.3 is 12.0 Å². The second kappa shape index (κ2) is 7.66. The third-order valence-electron chi connectivity index (χ3n) is 3.05. The van der Waals surface area contributed by atoms with E-state index in [0.29, 0.717) is 24.6 Å². The summed E-state index contributed by atoms with van der Waals surface area (Å²) in [6.45, 7) is 5.93. The van der Waals surface area contributed by atoms with E-state index in [1.54, 1.807) is 7.05 Å². The maximum atomic E-state index is 12.1. The zero-order valence-corrected chi connectivity index (χ0v) is 13.2. The molecule has 1 rings (SSSR count). The number of rotatable bonds is 6. The zero-order chi connectivity index (χ0) is 16.0. The first-order chi connectivity index (χ1) is 9.88.